The molecule has 3 fully saturated rings. The lowest BCUT2D eigenvalue weighted by atomic mass is 9.88. The zero-order valence-corrected chi connectivity index (χ0v) is 21.3. The summed E-state index contributed by atoms with van der Waals surface area (Å²) in [4.78, 5) is 14.8. The third-order valence-electron chi connectivity index (χ3n) is 8.16. The molecule has 1 aromatic heterocycles. The van der Waals surface area contributed by atoms with Crippen molar-refractivity contribution in [2.24, 2.45) is 0 Å². The molecule has 2 saturated heterocycles. The molecule has 0 bridgehead atoms. The number of methoxy groups -OCH3 is 1. The number of hydrogen-bond acceptors (Lipinski definition) is 6. The smallest absolute Gasteiger partial charge is 0.140 e. The largest absolute Gasteiger partial charge is 0.496 e. The predicted octanol–water partition coefficient (Wildman–Crippen LogP) is 5.30. The van der Waals surface area contributed by atoms with Crippen LogP contribution in [0.4, 0.5) is 11.5 Å². The van der Waals surface area contributed by atoms with E-state index >= 15 is 0 Å². The van der Waals surface area contributed by atoms with Gasteiger partial charge in [-0.15, -0.1) is 0 Å². The molecule has 3 aliphatic rings. The van der Waals surface area contributed by atoms with Gasteiger partial charge in [-0.25, -0.2) is 9.97 Å². The molecular weight excluding hydrogens is 460 g/mol. The SMILES string of the molecule is COc1ccccc1C1CCN(c2nc(C3(C)CC3)nc3c(Cl)cc(N4CC[C@H](O)C4)cc23)CC1. The van der Waals surface area contributed by atoms with Crippen molar-refractivity contribution in [1.29, 1.82) is 0 Å². The van der Waals surface area contributed by atoms with Crippen LogP contribution in [0.3, 0.4) is 0 Å². The first kappa shape index (κ1) is 22.9. The number of halogens is 1. The minimum atomic E-state index is -0.286. The molecule has 1 atom stereocenters. The van der Waals surface area contributed by atoms with E-state index in [0.29, 0.717) is 17.5 Å². The monoisotopic (exact) mass is 492 g/mol. The van der Waals surface area contributed by atoms with Crippen LogP contribution in [-0.2, 0) is 5.41 Å². The third-order valence-corrected chi connectivity index (χ3v) is 8.45. The number of benzene rings is 2. The van der Waals surface area contributed by atoms with E-state index < -0.39 is 0 Å². The molecule has 7 heteroatoms. The maximum absolute atomic E-state index is 10.1. The molecule has 1 saturated carbocycles. The van der Waals surface area contributed by atoms with E-state index in [1.807, 2.05) is 12.1 Å². The van der Waals surface area contributed by atoms with E-state index in [-0.39, 0.29) is 11.5 Å². The molecule has 184 valence electrons. The molecule has 0 radical (unpaired) electrons. The fourth-order valence-corrected chi connectivity index (χ4v) is 5.90. The van der Waals surface area contributed by atoms with Gasteiger partial charge in [0.05, 0.1) is 23.8 Å². The number of fused-ring (bicyclic) bond motifs is 1. The summed E-state index contributed by atoms with van der Waals surface area (Å²) in [7, 11) is 1.75. The van der Waals surface area contributed by atoms with Gasteiger partial charge in [-0.2, -0.15) is 0 Å². The topological polar surface area (TPSA) is 61.7 Å². The molecule has 2 aliphatic heterocycles. The molecule has 0 unspecified atom stereocenters. The van der Waals surface area contributed by atoms with Crippen molar-refractivity contribution in [3.8, 4) is 5.75 Å². The number of β-amino-alcohol motifs (C(OH)–C–C–N with tert-alkyl or cyclic N) is 1. The Kier molecular flexibility index (Phi) is 5.76. The summed E-state index contributed by atoms with van der Waals surface area (Å²) in [6, 6.07) is 12.6. The van der Waals surface area contributed by atoms with Crippen LogP contribution in [0.25, 0.3) is 10.9 Å². The van der Waals surface area contributed by atoms with Crippen LogP contribution in [0.5, 0.6) is 5.75 Å². The minimum Gasteiger partial charge on any atom is -0.496 e. The first-order valence-corrected chi connectivity index (χ1v) is 13.2. The van der Waals surface area contributed by atoms with E-state index in [9.17, 15) is 5.11 Å². The van der Waals surface area contributed by atoms with Crippen LogP contribution in [0.1, 0.15) is 56.3 Å². The molecule has 6 rings (SSSR count). The highest BCUT2D eigenvalue weighted by Crippen LogP contribution is 2.48. The summed E-state index contributed by atoms with van der Waals surface area (Å²) in [6.07, 6.45) is 4.83. The van der Waals surface area contributed by atoms with Crippen LogP contribution >= 0.6 is 11.6 Å². The molecule has 1 N–H and O–H groups in total. The quantitative estimate of drug-likeness (QED) is 0.521. The second-order valence-corrected chi connectivity index (χ2v) is 11.1. The Morgan fingerprint density at radius 1 is 1.03 bits per heavy atom. The average molecular weight is 493 g/mol. The van der Waals surface area contributed by atoms with Gasteiger partial charge in [-0.05, 0) is 61.8 Å². The van der Waals surface area contributed by atoms with Gasteiger partial charge in [-0.1, -0.05) is 36.7 Å². The molecule has 0 spiro atoms. The van der Waals surface area contributed by atoms with Crippen LogP contribution in [0.2, 0.25) is 5.02 Å². The normalized spacial score (nSPS) is 22.1. The Labute approximate surface area is 211 Å². The van der Waals surface area contributed by atoms with Crippen molar-refractivity contribution >= 4 is 34.0 Å². The summed E-state index contributed by atoms with van der Waals surface area (Å²) < 4.78 is 5.64. The van der Waals surface area contributed by atoms with Crippen LogP contribution in [0.15, 0.2) is 36.4 Å². The van der Waals surface area contributed by atoms with Gasteiger partial charge in [0.25, 0.3) is 0 Å². The van der Waals surface area contributed by atoms with Gasteiger partial charge >= 0.3 is 0 Å². The molecule has 0 amide bonds. The molecular formula is C28H33ClN4O2. The summed E-state index contributed by atoms with van der Waals surface area (Å²) in [5.41, 5.74) is 3.24. The zero-order valence-electron chi connectivity index (χ0n) is 20.5. The maximum Gasteiger partial charge on any atom is 0.140 e. The first-order chi connectivity index (χ1) is 16.9. The summed E-state index contributed by atoms with van der Waals surface area (Å²) in [5.74, 6) is 3.37. The number of para-hydroxylation sites is 1. The summed E-state index contributed by atoms with van der Waals surface area (Å²) in [5, 5.41) is 11.7. The molecule has 3 aromatic rings. The van der Waals surface area contributed by atoms with Crippen LogP contribution in [-0.4, -0.2) is 54.5 Å². The van der Waals surface area contributed by atoms with Crippen molar-refractivity contribution in [3.63, 3.8) is 0 Å². The van der Waals surface area contributed by atoms with E-state index in [2.05, 4.69) is 41.0 Å². The molecule has 3 heterocycles. The lowest BCUT2D eigenvalue weighted by Gasteiger charge is -2.34. The lowest BCUT2D eigenvalue weighted by Crippen LogP contribution is -2.34. The Morgan fingerprint density at radius 2 is 1.77 bits per heavy atom. The van der Waals surface area contributed by atoms with E-state index in [0.717, 1.165) is 85.7 Å². The number of aromatic nitrogens is 2. The van der Waals surface area contributed by atoms with Gasteiger partial charge in [0.15, 0.2) is 0 Å². The van der Waals surface area contributed by atoms with Gasteiger partial charge in [-0.3, -0.25) is 0 Å². The standard InChI is InChI=1S/C28H33ClN4O2/c1-28(10-11-28)27-30-25-22(15-19(16-23(25)29)33-14-9-20(34)17-33)26(31-27)32-12-7-18(8-13-32)21-5-3-4-6-24(21)35-2/h3-6,15-16,18,20,34H,7-14,17H2,1-2H3/t20-/m0/s1. The molecule has 2 aromatic carbocycles. The average Bonchev–Trinajstić information content (AvgIpc) is 3.49. The maximum atomic E-state index is 10.1. The highest BCUT2D eigenvalue weighted by atomic mass is 35.5. The minimum absolute atomic E-state index is 0.0553. The number of aliphatic hydroxyl groups excluding tert-OH is 1. The summed E-state index contributed by atoms with van der Waals surface area (Å²) in [6.45, 7) is 5.57. The van der Waals surface area contributed by atoms with Gasteiger partial charge in [0.2, 0.25) is 0 Å². The van der Waals surface area contributed by atoms with Crippen molar-refractivity contribution in [1.82, 2.24) is 9.97 Å². The molecule has 35 heavy (non-hydrogen) atoms. The number of aliphatic hydroxyl groups is 1. The highest BCUT2D eigenvalue weighted by molar-refractivity contribution is 6.35. The van der Waals surface area contributed by atoms with Crippen molar-refractivity contribution < 1.29 is 9.84 Å². The number of anilines is 2. The van der Waals surface area contributed by atoms with Gasteiger partial charge < -0.3 is 19.6 Å². The van der Waals surface area contributed by atoms with E-state index in [1.54, 1.807) is 7.11 Å². The Hall–Kier alpha value is -2.57. The summed E-state index contributed by atoms with van der Waals surface area (Å²) >= 11 is 6.86. The Balaban J connectivity index is 1.36. The Bertz CT molecular complexity index is 1250. The number of nitrogens with zero attached hydrogens (tertiary/aromatic N) is 4. The van der Waals surface area contributed by atoms with E-state index in [1.165, 1.54) is 5.56 Å². The molecule has 6 nitrogen and oxygen atoms in total. The second-order valence-electron chi connectivity index (χ2n) is 10.6. The van der Waals surface area contributed by atoms with Crippen LogP contribution in [0, 0.1) is 0 Å². The fraction of sp³-hybridized carbons (Fsp3) is 0.500. The van der Waals surface area contributed by atoms with Crippen molar-refractivity contribution in [2.45, 2.75) is 56.5 Å². The second kappa shape index (κ2) is 8.82. The number of rotatable bonds is 5. The van der Waals surface area contributed by atoms with Crippen molar-refractivity contribution in [2.75, 3.05) is 43.1 Å². The van der Waals surface area contributed by atoms with Gasteiger partial charge in [0.1, 0.15) is 17.4 Å². The first-order valence-electron chi connectivity index (χ1n) is 12.8. The zero-order chi connectivity index (χ0) is 24.2. The van der Waals surface area contributed by atoms with Crippen molar-refractivity contribution in [3.05, 3.63) is 52.8 Å². The van der Waals surface area contributed by atoms with Gasteiger partial charge in [0, 0.05) is 42.7 Å². The number of hydrogen-bond donors (Lipinski definition) is 1. The molecule has 1 aliphatic carbocycles. The highest BCUT2D eigenvalue weighted by Gasteiger charge is 2.43. The third kappa shape index (κ3) is 4.21. The predicted molar refractivity (Wildman–Crippen MR) is 141 cm³/mol. The fourth-order valence-electron chi connectivity index (χ4n) is 5.65. The number of piperidine rings is 1. The Morgan fingerprint density at radius 3 is 2.46 bits per heavy atom. The van der Waals surface area contributed by atoms with E-state index in [4.69, 9.17) is 26.3 Å². The number of ether oxygens (including phenoxy) is 1. The van der Waals surface area contributed by atoms with Crippen LogP contribution < -0.4 is 14.5 Å². The lowest BCUT2D eigenvalue weighted by molar-refractivity contribution is 0.198.